The molecule has 6 nitrogen and oxygen atoms in total. The smallest absolute Gasteiger partial charge is 0.255 e. The van der Waals surface area contributed by atoms with E-state index in [-0.39, 0.29) is 23.9 Å². The van der Waals surface area contributed by atoms with Crippen LogP contribution in [-0.2, 0) is 6.42 Å². The van der Waals surface area contributed by atoms with Crippen LogP contribution >= 0.6 is 0 Å². The predicted molar refractivity (Wildman–Crippen MR) is 142 cm³/mol. The highest BCUT2D eigenvalue weighted by Gasteiger charge is 2.28. The summed E-state index contributed by atoms with van der Waals surface area (Å²) in [6, 6.07) is 14.9. The second-order valence-electron chi connectivity index (χ2n) is 9.58. The third-order valence-electron chi connectivity index (χ3n) is 6.20. The molecule has 0 aliphatic heterocycles. The SMILES string of the molecule is [C-]#[N+]C(C)(C)CC(=O)c1cccc(-c2cc3c(C(=O)NC)c(-c4ccc(F)cc4)oc3nc2CCC)c1. The van der Waals surface area contributed by atoms with Crippen molar-refractivity contribution in [2.24, 2.45) is 0 Å². The van der Waals surface area contributed by atoms with Crippen LogP contribution in [0.15, 0.2) is 59.0 Å². The van der Waals surface area contributed by atoms with Crippen molar-refractivity contribution in [1.29, 1.82) is 0 Å². The Balaban J connectivity index is 1.90. The molecule has 2 heterocycles. The van der Waals surface area contributed by atoms with Gasteiger partial charge in [-0.15, -0.1) is 0 Å². The van der Waals surface area contributed by atoms with Crippen LogP contribution in [0.25, 0.3) is 38.4 Å². The number of Topliss-reactive ketones (excluding diaryl/α,β-unsaturated/α-hetero) is 1. The van der Waals surface area contributed by atoms with Crippen molar-refractivity contribution in [3.8, 4) is 22.5 Å². The summed E-state index contributed by atoms with van der Waals surface area (Å²) in [6.45, 7) is 12.9. The highest BCUT2D eigenvalue weighted by atomic mass is 19.1. The van der Waals surface area contributed by atoms with Crippen LogP contribution in [0.3, 0.4) is 0 Å². The van der Waals surface area contributed by atoms with Crippen molar-refractivity contribution >= 4 is 22.8 Å². The number of amides is 1. The van der Waals surface area contributed by atoms with E-state index in [1.54, 1.807) is 32.0 Å². The van der Waals surface area contributed by atoms with Gasteiger partial charge in [-0.3, -0.25) is 9.59 Å². The molecule has 0 unspecified atom stereocenters. The summed E-state index contributed by atoms with van der Waals surface area (Å²) in [5, 5.41) is 3.19. The fraction of sp³-hybridized carbons (Fsp3) is 0.267. The van der Waals surface area contributed by atoms with E-state index in [0.29, 0.717) is 40.0 Å². The molecule has 0 radical (unpaired) electrons. The van der Waals surface area contributed by atoms with Gasteiger partial charge in [-0.1, -0.05) is 31.5 Å². The Morgan fingerprint density at radius 3 is 2.49 bits per heavy atom. The van der Waals surface area contributed by atoms with Crippen LogP contribution in [0.1, 0.15) is 60.0 Å². The molecular weight excluding hydrogens is 469 g/mol. The molecule has 2 aromatic heterocycles. The highest BCUT2D eigenvalue weighted by molar-refractivity contribution is 6.11. The molecule has 0 fully saturated rings. The summed E-state index contributed by atoms with van der Waals surface area (Å²) in [6.07, 6.45) is 1.61. The lowest BCUT2D eigenvalue weighted by Gasteiger charge is -2.12. The minimum atomic E-state index is -0.781. The van der Waals surface area contributed by atoms with Gasteiger partial charge in [0.1, 0.15) is 11.6 Å². The Kier molecular flexibility index (Phi) is 7.21. The number of benzene rings is 2. The van der Waals surface area contributed by atoms with Crippen molar-refractivity contribution in [3.63, 3.8) is 0 Å². The number of fused-ring (bicyclic) bond motifs is 1. The average Bonchev–Trinajstić information content (AvgIpc) is 3.26. The Morgan fingerprint density at radius 2 is 1.84 bits per heavy atom. The largest absolute Gasteiger partial charge is 0.437 e. The molecule has 4 rings (SSSR count). The molecule has 7 heteroatoms. The minimum Gasteiger partial charge on any atom is -0.437 e. The van der Waals surface area contributed by atoms with Crippen LogP contribution in [0.2, 0.25) is 0 Å². The molecular formula is C30H28FN3O3. The number of halogens is 1. The zero-order valence-corrected chi connectivity index (χ0v) is 21.3. The van der Waals surface area contributed by atoms with Crippen molar-refractivity contribution in [2.75, 3.05) is 7.05 Å². The van der Waals surface area contributed by atoms with Gasteiger partial charge in [0.2, 0.25) is 11.3 Å². The molecule has 0 spiro atoms. The summed E-state index contributed by atoms with van der Waals surface area (Å²) < 4.78 is 19.6. The van der Waals surface area contributed by atoms with Gasteiger partial charge in [-0.05, 0) is 48.4 Å². The van der Waals surface area contributed by atoms with E-state index in [1.807, 2.05) is 31.2 Å². The number of pyridine rings is 1. The van der Waals surface area contributed by atoms with E-state index in [9.17, 15) is 14.0 Å². The highest BCUT2D eigenvalue weighted by Crippen LogP contribution is 2.37. The third-order valence-corrected chi connectivity index (χ3v) is 6.20. The number of nitrogens with zero attached hydrogens (tertiary/aromatic N) is 2. The fourth-order valence-corrected chi connectivity index (χ4v) is 4.29. The molecule has 1 N–H and O–H groups in total. The standard InChI is InChI=1S/C30H28FN3O3/c1-6-8-24-22(19-9-7-10-20(15-19)25(35)17-30(2,3)33-5)16-23-26(28(36)32-4)27(37-29(23)34-24)18-11-13-21(31)14-12-18/h7,9-16H,6,8,17H2,1-4H3,(H,32,36). The molecule has 0 saturated carbocycles. The number of aromatic nitrogens is 1. The summed E-state index contributed by atoms with van der Waals surface area (Å²) >= 11 is 0. The maximum atomic E-state index is 13.6. The first-order valence-electron chi connectivity index (χ1n) is 12.1. The van der Waals surface area contributed by atoms with Gasteiger partial charge >= 0.3 is 0 Å². The van der Waals surface area contributed by atoms with Gasteiger partial charge in [-0.2, -0.15) is 0 Å². The number of hydrogen-bond acceptors (Lipinski definition) is 4. The molecule has 0 atom stereocenters. The van der Waals surface area contributed by atoms with E-state index in [4.69, 9.17) is 16.0 Å². The molecule has 0 aliphatic rings. The van der Waals surface area contributed by atoms with Crippen LogP contribution in [0.5, 0.6) is 0 Å². The number of aryl methyl sites for hydroxylation is 1. The molecule has 37 heavy (non-hydrogen) atoms. The second kappa shape index (κ2) is 10.4. The van der Waals surface area contributed by atoms with E-state index in [1.165, 1.54) is 19.2 Å². The average molecular weight is 498 g/mol. The van der Waals surface area contributed by atoms with Crippen molar-refractivity contribution < 1.29 is 18.4 Å². The molecule has 188 valence electrons. The maximum absolute atomic E-state index is 13.6. The van der Waals surface area contributed by atoms with Gasteiger partial charge in [0.25, 0.3) is 5.91 Å². The third kappa shape index (κ3) is 5.29. The van der Waals surface area contributed by atoms with Crippen LogP contribution in [-0.4, -0.2) is 29.3 Å². The Hall–Kier alpha value is -4.31. The second-order valence-corrected chi connectivity index (χ2v) is 9.58. The van der Waals surface area contributed by atoms with Crippen molar-refractivity contribution in [2.45, 2.75) is 45.6 Å². The van der Waals surface area contributed by atoms with Gasteiger partial charge in [0, 0.05) is 37.6 Å². The first-order chi connectivity index (χ1) is 17.7. The molecule has 2 aromatic carbocycles. The lowest BCUT2D eigenvalue weighted by molar-refractivity contribution is 0.0957. The number of rotatable bonds is 8. The van der Waals surface area contributed by atoms with Gasteiger partial charge < -0.3 is 14.6 Å². The van der Waals surface area contributed by atoms with Crippen molar-refractivity contribution in [3.05, 3.63) is 88.7 Å². The Bertz CT molecular complexity index is 1530. The lowest BCUT2D eigenvalue weighted by atomic mass is 9.92. The summed E-state index contributed by atoms with van der Waals surface area (Å²) in [5.74, 6) is -0.533. The Morgan fingerprint density at radius 1 is 1.11 bits per heavy atom. The quantitative estimate of drug-likeness (QED) is 0.213. The summed E-state index contributed by atoms with van der Waals surface area (Å²) in [4.78, 5) is 34.2. The van der Waals surface area contributed by atoms with E-state index in [0.717, 1.165) is 23.2 Å². The van der Waals surface area contributed by atoms with Crippen LogP contribution in [0, 0.1) is 12.4 Å². The number of hydrogen-bond donors (Lipinski definition) is 1. The lowest BCUT2D eigenvalue weighted by Crippen LogP contribution is -2.19. The first-order valence-corrected chi connectivity index (χ1v) is 12.1. The monoisotopic (exact) mass is 497 g/mol. The van der Waals surface area contributed by atoms with E-state index >= 15 is 0 Å². The maximum Gasteiger partial charge on any atom is 0.255 e. The molecule has 1 amide bonds. The fourth-order valence-electron chi connectivity index (χ4n) is 4.29. The van der Waals surface area contributed by atoms with Gasteiger partial charge in [-0.25, -0.2) is 15.9 Å². The number of nitrogens with one attached hydrogen (secondary N) is 1. The molecule has 0 aliphatic carbocycles. The summed E-state index contributed by atoms with van der Waals surface area (Å²) in [7, 11) is 1.54. The number of carbonyl (C=O) groups is 2. The Labute approximate surface area is 215 Å². The normalized spacial score (nSPS) is 11.4. The predicted octanol–water partition coefficient (Wildman–Crippen LogP) is 6.88. The zero-order valence-electron chi connectivity index (χ0n) is 21.3. The van der Waals surface area contributed by atoms with Crippen LogP contribution in [0.4, 0.5) is 4.39 Å². The van der Waals surface area contributed by atoms with Crippen LogP contribution < -0.4 is 5.32 Å². The molecule has 0 saturated heterocycles. The van der Waals surface area contributed by atoms with Crippen molar-refractivity contribution in [1.82, 2.24) is 10.3 Å². The minimum absolute atomic E-state index is 0.109. The van der Waals surface area contributed by atoms with Gasteiger partial charge in [0.15, 0.2) is 5.78 Å². The number of furan rings is 1. The molecule has 0 bridgehead atoms. The first kappa shape index (κ1) is 25.8. The number of ketones is 1. The molecule has 4 aromatic rings. The topological polar surface area (TPSA) is 76.6 Å². The number of carbonyl (C=O) groups excluding carboxylic acids is 2. The summed E-state index contributed by atoms with van der Waals surface area (Å²) in [5.41, 5.74) is 3.29. The van der Waals surface area contributed by atoms with Gasteiger partial charge in [0.05, 0.1) is 23.1 Å². The van der Waals surface area contributed by atoms with E-state index in [2.05, 4.69) is 10.2 Å². The van der Waals surface area contributed by atoms with E-state index < -0.39 is 5.54 Å². The zero-order chi connectivity index (χ0) is 26.7.